The lowest BCUT2D eigenvalue weighted by molar-refractivity contribution is -0.137. The highest BCUT2D eigenvalue weighted by atomic mass is 16.5. The highest BCUT2D eigenvalue weighted by Crippen LogP contribution is 2.47. The lowest BCUT2D eigenvalue weighted by Gasteiger charge is -2.23. The van der Waals surface area contributed by atoms with Gasteiger partial charge in [-0.3, -0.25) is 9.59 Å². The quantitative estimate of drug-likeness (QED) is 0.636. The molecular formula is C26H28N2O4. The van der Waals surface area contributed by atoms with Crippen molar-refractivity contribution < 1.29 is 19.4 Å². The molecule has 6 nitrogen and oxygen atoms in total. The molecule has 166 valence electrons. The fourth-order valence-electron chi connectivity index (χ4n) is 5.37. The van der Waals surface area contributed by atoms with E-state index in [2.05, 4.69) is 22.8 Å². The third kappa shape index (κ3) is 3.53. The minimum absolute atomic E-state index is 0.283. The predicted octanol–water partition coefficient (Wildman–Crippen LogP) is 4.91. The van der Waals surface area contributed by atoms with Crippen LogP contribution in [-0.2, 0) is 11.3 Å². The number of aliphatic carboxylic acids is 1. The van der Waals surface area contributed by atoms with Crippen molar-refractivity contribution in [2.75, 3.05) is 20.2 Å². The van der Waals surface area contributed by atoms with Crippen LogP contribution in [0, 0.1) is 0 Å². The van der Waals surface area contributed by atoms with Gasteiger partial charge in [0.1, 0.15) is 18.9 Å². The molecule has 32 heavy (non-hydrogen) atoms. The van der Waals surface area contributed by atoms with Crippen molar-refractivity contribution in [2.45, 2.75) is 44.6 Å². The van der Waals surface area contributed by atoms with Crippen LogP contribution in [0.5, 0.6) is 5.75 Å². The zero-order chi connectivity index (χ0) is 22.2. The zero-order valence-electron chi connectivity index (χ0n) is 18.3. The van der Waals surface area contributed by atoms with E-state index < -0.39 is 5.97 Å². The molecule has 0 bridgehead atoms. The van der Waals surface area contributed by atoms with Crippen LogP contribution in [0.2, 0.25) is 0 Å². The van der Waals surface area contributed by atoms with Crippen LogP contribution in [0.25, 0.3) is 22.2 Å². The first kappa shape index (κ1) is 20.6. The summed E-state index contributed by atoms with van der Waals surface area (Å²) < 4.78 is 8.38. The minimum Gasteiger partial charge on any atom is -0.491 e. The Morgan fingerprint density at radius 3 is 2.69 bits per heavy atom. The van der Waals surface area contributed by atoms with Crippen LogP contribution in [0.15, 0.2) is 42.5 Å². The van der Waals surface area contributed by atoms with Crippen LogP contribution in [-0.4, -0.2) is 46.6 Å². The number of rotatable bonds is 4. The Labute approximate surface area is 187 Å². The van der Waals surface area contributed by atoms with E-state index in [1.807, 2.05) is 24.3 Å². The Hall–Kier alpha value is -3.28. The highest BCUT2D eigenvalue weighted by Gasteiger charge is 2.29. The van der Waals surface area contributed by atoms with E-state index in [0.29, 0.717) is 24.6 Å². The Bertz CT molecular complexity index is 1190. The summed E-state index contributed by atoms with van der Waals surface area (Å²) in [6.07, 6.45) is 6.13. The summed E-state index contributed by atoms with van der Waals surface area (Å²) in [5.74, 6) is 0.0923. The molecule has 6 heteroatoms. The number of amides is 1. The Kier molecular flexibility index (Phi) is 5.37. The number of hydrogen-bond donors (Lipinski definition) is 1. The van der Waals surface area contributed by atoms with Crippen LogP contribution < -0.4 is 4.74 Å². The number of para-hydroxylation sites is 1. The average Bonchev–Trinajstić information content (AvgIpc) is 2.99. The molecular weight excluding hydrogens is 404 g/mol. The molecule has 2 aromatic carbocycles. The third-order valence-corrected chi connectivity index (χ3v) is 6.80. The fourth-order valence-corrected chi connectivity index (χ4v) is 5.37. The number of carbonyl (C=O) groups is 2. The number of likely N-dealkylation sites (N-methyl/N-ethyl adjacent to an activating group) is 1. The van der Waals surface area contributed by atoms with Crippen molar-refractivity contribution in [3.63, 3.8) is 0 Å². The summed E-state index contributed by atoms with van der Waals surface area (Å²) in [6, 6.07) is 14.1. The second-order valence-electron chi connectivity index (χ2n) is 8.88. The largest absolute Gasteiger partial charge is 0.491 e. The molecule has 1 fully saturated rings. The van der Waals surface area contributed by atoms with E-state index in [9.17, 15) is 9.59 Å². The van der Waals surface area contributed by atoms with Crippen molar-refractivity contribution in [2.24, 2.45) is 0 Å². The number of carboxylic acid groups (broad SMARTS) is 1. The van der Waals surface area contributed by atoms with Gasteiger partial charge in [0.05, 0.1) is 12.2 Å². The minimum atomic E-state index is -1.02. The first-order chi connectivity index (χ1) is 15.5. The van der Waals surface area contributed by atoms with E-state index in [4.69, 9.17) is 9.84 Å². The number of carbonyl (C=O) groups excluding carboxylic acids is 1. The topological polar surface area (TPSA) is 71.8 Å². The predicted molar refractivity (Wildman–Crippen MR) is 123 cm³/mol. The molecule has 1 saturated carbocycles. The van der Waals surface area contributed by atoms with Gasteiger partial charge in [0.25, 0.3) is 5.91 Å². The normalized spacial score (nSPS) is 16.0. The molecule has 0 radical (unpaired) electrons. The monoisotopic (exact) mass is 432 g/mol. The summed E-state index contributed by atoms with van der Waals surface area (Å²) >= 11 is 0. The molecule has 1 aromatic heterocycles. The van der Waals surface area contributed by atoms with Crippen molar-refractivity contribution in [1.82, 2.24) is 9.47 Å². The molecule has 0 unspecified atom stereocenters. The summed E-state index contributed by atoms with van der Waals surface area (Å²) in [4.78, 5) is 25.2. The van der Waals surface area contributed by atoms with E-state index in [1.54, 1.807) is 0 Å². The van der Waals surface area contributed by atoms with Gasteiger partial charge in [-0.25, -0.2) is 0 Å². The van der Waals surface area contributed by atoms with Crippen LogP contribution in [0.1, 0.15) is 53.9 Å². The standard InChI is InChI=1S/C26H28N2O4/c1-27(16-23(29)30)26(31)18-11-12-19-21(15-18)28-13-14-32-22-10-6-5-9-20(22)25(28)24(19)17-7-3-2-4-8-17/h5-6,9-12,15,17H,2-4,7-8,13-14,16H2,1H3,(H,29,30). The Balaban J connectivity index is 1.71. The number of aromatic nitrogens is 1. The van der Waals surface area contributed by atoms with E-state index in [1.165, 1.54) is 60.7 Å². The Morgan fingerprint density at radius 1 is 1.12 bits per heavy atom. The van der Waals surface area contributed by atoms with Crippen LogP contribution in [0.4, 0.5) is 0 Å². The SMILES string of the molecule is CN(CC(=O)O)C(=O)c1ccc2c(C3CCCCC3)c3n(c2c1)CCOc1ccccc1-3. The Morgan fingerprint density at radius 2 is 1.91 bits per heavy atom. The second-order valence-corrected chi connectivity index (χ2v) is 8.88. The van der Waals surface area contributed by atoms with Crippen molar-refractivity contribution in [3.8, 4) is 17.0 Å². The summed E-state index contributed by atoms with van der Waals surface area (Å²) in [6.45, 7) is 0.947. The van der Waals surface area contributed by atoms with Gasteiger partial charge in [-0.05, 0) is 48.6 Å². The van der Waals surface area contributed by atoms with E-state index >= 15 is 0 Å². The van der Waals surface area contributed by atoms with Gasteiger partial charge in [0.2, 0.25) is 0 Å². The van der Waals surface area contributed by atoms with Gasteiger partial charge in [-0.2, -0.15) is 0 Å². The van der Waals surface area contributed by atoms with Gasteiger partial charge < -0.3 is 19.3 Å². The molecule has 1 N–H and O–H groups in total. The molecule has 2 aliphatic rings. The van der Waals surface area contributed by atoms with E-state index in [0.717, 1.165) is 16.8 Å². The smallest absolute Gasteiger partial charge is 0.323 e. The maximum absolute atomic E-state index is 12.9. The number of fused-ring (bicyclic) bond motifs is 5. The maximum atomic E-state index is 12.9. The van der Waals surface area contributed by atoms with Crippen LogP contribution >= 0.6 is 0 Å². The van der Waals surface area contributed by atoms with E-state index in [-0.39, 0.29) is 12.5 Å². The summed E-state index contributed by atoms with van der Waals surface area (Å²) in [5.41, 5.74) is 5.22. The van der Waals surface area contributed by atoms with Crippen molar-refractivity contribution >= 4 is 22.8 Å². The van der Waals surface area contributed by atoms with Gasteiger partial charge in [0.15, 0.2) is 0 Å². The van der Waals surface area contributed by atoms with Gasteiger partial charge >= 0.3 is 5.97 Å². The second kappa shape index (κ2) is 8.34. The first-order valence-electron chi connectivity index (χ1n) is 11.4. The number of hydrogen-bond acceptors (Lipinski definition) is 3. The third-order valence-electron chi connectivity index (χ3n) is 6.80. The number of benzene rings is 2. The molecule has 5 rings (SSSR count). The van der Waals surface area contributed by atoms with Gasteiger partial charge in [0, 0.05) is 29.1 Å². The van der Waals surface area contributed by atoms with Gasteiger partial charge in [-0.15, -0.1) is 0 Å². The zero-order valence-corrected chi connectivity index (χ0v) is 18.3. The molecule has 1 amide bonds. The van der Waals surface area contributed by atoms with Crippen molar-refractivity contribution in [3.05, 3.63) is 53.6 Å². The average molecular weight is 433 g/mol. The molecule has 0 atom stereocenters. The molecule has 2 heterocycles. The molecule has 3 aromatic rings. The van der Waals surface area contributed by atoms with Gasteiger partial charge in [-0.1, -0.05) is 37.5 Å². The van der Waals surface area contributed by atoms with Crippen molar-refractivity contribution in [1.29, 1.82) is 0 Å². The molecule has 1 aliphatic heterocycles. The lowest BCUT2D eigenvalue weighted by atomic mass is 9.81. The fraction of sp³-hybridized carbons (Fsp3) is 0.385. The summed E-state index contributed by atoms with van der Waals surface area (Å²) in [7, 11) is 1.52. The molecule has 1 aliphatic carbocycles. The maximum Gasteiger partial charge on any atom is 0.323 e. The number of nitrogens with zero attached hydrogens (tertiary/aromatic N) is 2. The first-order valence-corrected chi connectivity index (χ1v) is 11.4. The number of ether oxygens (including phenoxy) is 1. The summed E-state index contributed by atoms with van der Waals surface area (Å²) in [5, 5.41) is 10.3. The lowest BCUT2D eigenvalue weighted by Crippen LogP contribution is -2.31. The van der Waals surface area contributed by atoms with Crippen LogP contribution in [0.3, 0.4) is 0 Å². The number of carboxylic acids is 1. The molecule has 0 spiro atoms. The highest BCUT2D eigenvalue weighted by molar-refractivity contribution is 6.01. The molecule has 0 saturated heterocycles.